The Bertz CT molecular complexity index is 1560. The molecule has 0 unspecified atom stereocenters. The highest BCUT2D eigenvalue weighted by Crippen LogP contribution is 2.23. The average molecular weight is 550 g/mol. The summed E-state index contributed by atoms with van der Waals surface area (Å²) in [5.74, 6) is -1.65. The lowest BCUT2D eigenvalue weighted by molar-refractivity contribution is 0.0474. The Labute approximate surface area is 239 Å². The van der Waals surface area contributed by atoms with Gasteiger partial charge in [-0.3, -0.25) is 9.59 Å². The third kappa shape index (κ3) is 7.76. The summed E-state index contributed by atoms with van der Waals surface area (Å²) in [5.41, 5.74) is 3.95. The van der Waals surface area contributed by atoms with Crippen LogP contribution in [0.1, 0.15) is 73.3 Å². The van der Waals surface area contributed by atoms with E-state index in [9.17, 15) is 19.2 Å². The molecule has 0 spiro atoms. The normalized spacial score (nSPS) is 10.9. The maximum absolute atomic E-state index is 12.7. The van der Waals surface area contributed by atoms with Gasteiger partial charge in [-0.15, -0.1) is 0 Å². The highest BCUT2D eigenvalue weighted by atomic mass is 16.5. The number of Topliss-reactive ketones (excluding diaryl/α,β-unsaturated/α-hetero) is 1. The number of ketones is 1. The van der Waals surface area contributed by atoms with Crippen molar-refractivity contribution in [3.8, 4) is 5.75 Å². The van der Waals surface area contributed by atoms with Crippen molar-refractivity contribution < 1.29 is 28.7 Å². The van der Waals surface area contributed by atoms with Gasteiger partial charge in [0.05, 0.1) is 11.1 Å². The molecule has 0 fully saturated rings. The fraction of sp³-hybridized carbons (Fsp3) is 0.176. The van der Waals surface area contributed by atoms with Crippen molar-refractivity contribution in [3.05, 3.63) is 130 Å². The zero-order valence-corrected chi connectivity index (χ0v) is 23.4. The van der Waals surface area contributed by atoms with Crippen molar-refractivity contribution in [3.63, 3.8) is 0 Å². The molecular formula is C34H31NO6. The van der Waals surface area contributed by atoms with Crippen LogP contribution in [0, 0.1) is 6.92 Å². The number of carbonyl (C=O) groups excluding carboxylic acids is 4. The van der Waals surface area contributed by atoms with E-state index in [1.54, 1.807) is 36.4 Å². The lowest BCUT2D eigenvalue weighted by atomic mass is 9.87. The van der Waals surface area contributed by atoms with Gasteiger partial charge in [-0.05, 0) is 84.6 Å². The van der Waals surface area contributed by atoms with Crippen LogP contribution in [0.25, 0.3) is 0 Å². The van der Waals surface area contributed by atoms with E-state index in [-0.39, 0.29) is 22.6 Å². The van der Waals surface area contributed by atoms with Crippen molar-refractivity contribution in [2.75, 3.05) is 11.9 Å². The van der Waals surface area contributed by atoms with Gasteiger partial charge in [-0.2, -0.15) is 0 Å². The largest absolute Gasteiger partial charge is 0.454 e. The summed E-state index contributed by atoms with van der Waals surface area (Å²) in [6, 6.07) is 26.7. The Morgan fingerprint density at radius 1 is 0.683 bits per heavy atom. The van der Waals surface area contributed by atoms with Crippen LogP contribution in [-0.4, -0.2) is 30.2 Å². The number of hydrogen-bond donors (Lipinski definition) is 1. The van der Waals surface area contributed by atoms with Crippen LogP contribution < -0.4 is 10.1 Å². The fourth-order valence-electron chi connectivity index (χ4n) is 3.91. The SMILES string of the molecule is Cc1ccc(C(=O)Oc2ccc(C(=O)COC(=O)c3cccc(NC(=O)c4ccc(C(C)(C)C)cc4)c3)cc2)cc1. The number of benzene rings is 4. The minimum absolute atomic E-state index is 0.0225. The first-order valence-electron chi connectivity index (χ1n) is 13.1. The summed E-state index contributed by atoms with van der Waals surface area (Å²) in [6.45, 7) is 7.75. The zero-order valence-electron chi connectivity index (χ0n) is 23.4. The first-order chi connectivity index (χ1) is 19.5. The number of aryl methyl sites for hydroxylation is 1. The molecule has 0 aliphatic carbocycles. The maximum Gasteiger partial charge on any atom is 0.343 e. The summed E-state index contributed by atoms with van der Waals surface area (Å²) in [4.78, 5) is 50.2. The molecule has 0 heterocycles. The van der Waals surface area contributed by atoms with Crippen LogP contribution in [0.4, 0.5) is 5.69 Å². The molecule has 0 bridgehead atoms. The summed E-state index contributed by atoms with van der Waals surface area (Å²) in [6.07, 6.45) is 0. The summed E-state index contributed by atoms with van der Waals surface area (Å²) in [5, 5.41) is 2.78. The van der Waals surface area contributed by atoms with E-state index in [0.717, 1.165) is 11.1 Å². The van der Waals surface area contributed by atoms with Crippen LogP contribution in [0.15, 0.2) is 97.1 Å². The van der Waals surface area contributed by atoms with Gasteiger partial charge in [0.15, 0.2) is 12.4 Å². The molecule has 4 aromatic rings. The fourth-order valence-corrected chi connectivity index (χ4v) is 3.91. The Balaban J connectivity index is 1.30. The first-order valence-corrected chi connectivity index (χ1v) is 13.1. The van der Waals surface area contributed by atoms with Crippen LogP contribution in [-0.2, 0) is 10.2 Å². The molecule has 208 valence electrons. The number of rotatable bonds is 8. The van der Waals surface area contributed by atoms with E-state index in [1.165, 1.54) is 36.4 Å². The molecule has 0 aromatic heterocycles. The van der Waals surface area contributed by atoms with E-state index in [0.29, 0.717) is 22.4 Å². The molecule has 0 saturated carbocycles. The number of hydrogen-bond acceptors (Lipinski definition) is 6. The van der Waals surface area contributed by atoms with Crippen LogP contribution in [0.2, 0.25) is 0 Å². The minimum atomic E-state index is -0.701. The quantitative estimate of drug-likeness (QED) is 0.147. The van der Waals surface area contributed by atoms with Gasteiger partial charge < -0.3 is 14.8 Å². The van der Waals surface area contributed by atoms with Gasteiger partial charge in [0.1, 0.15) is 5.75 Å². The number of ether oxygens (including phenoxy) is 2. The second kappa shape index (κ2) is 12.4. The summed E-state index contributed by atoms with van der Waals surface area (Å²) >= 11 is 0. The van der Waals surface area contributed by atoms with Gasteiger partial charge in [0, 0.05) is 16.8 Å². The molecule has 0 aliphatic rings. The number of amides is 1. The second-order valence-electron chi connectivity index (χ2n) is 10.6. The molecule has 0 saturated heterocycles. The molecule has 0 atom stereocenters. The van der Waals surface area contributed by atoms with E-state index >= 15 is 0 Å². The Kier molecular flexibility index (Phi) is 8.78. The van der Waals surface area contributed by atoms with Crippen molar-refractivity contribution >= 4 is 29.3 Å². The lowest BCUT2D eigenvalue weighted by Crippen LogP contribution is -2.16. The molecule has 0 aliphatic heterocycles. The molecule has 1 N–H and O–H groups in total. The van der Waals surface area contributed by atoms with Crippen molar-refractivity contribution in [2.24, 2.45) is 0 Å². The zero-order chi connectivity index (χ0) is 29.6. The second-order valence-corrected chi connectivity index (χ2v) is 10.6. The Morgan fingerprint density at radius 3 is 1.93 bits per heavy atom. The highest BCUT2D eigenvalue weighted by Gasteiger charge is 2.16. The lowest BCUT2D eigenvalue weighted by Gasteiger charge is -2.19. The molecule has 4 rings (SSSR count). The van der Waals surface area contributed by atoms with Crippen LogP contribution in [0.3, 0.4) is 0 Å². The van der Waals surface area contributed by atoms with E-state index in [2.05, 4.69) is 26.1 Å². The van der Waals surface area contributed by atoms with Gasteiger partial charge in [0.2, 0.25) is 0 Å². The smallest absolute Gasteiger partial charge is 0.343 e. The predicted molar refractivity (Wildman–Crippen MR) is 157 cm³/mol. The molecule has 7 heteroatoms. The van der Waals surface area contributed by atoms with Gasteiger partial charge in [-0.1, -0.05) is 56.7 Å². The number of carbonyl (C=O) groups is 4. The highest BCUT2D eigenvalue weighted by molar-refractivity contribution is 6.05. The summed E-state index contributed by atoms with van der Waals surface area (Å²) < 4.78 is 10.6. The van der Waals surface area contributed by atoms with Gasteiger partial charge >= 0.3 is 11.9 Å². The Hall–Kier alpha value is -5.04. The predicted octanol–water partition coefficient (Wildman–Crippen LogP) is 6.80. The van der Waals surface area contributed by atoms with E-state index in [1.807, 2.05) is 31.2 Å². The number of anilines is 1. The van der Waals surface area contributed by atoms with Crippen molar-refractivity contribution in [1.29, 1.82) is 0 Å². The molecule has 1 amide bonds. The number of esters is 2. The van der Waals surface area contributed by atoms with Crippen molar-refractivity contribution in [1.82, 2.24) is 0 Å². The first kappa shape index (κ1) is 29.0. The van der Waals surface area contributed by atoms with Crippen molar-refractivity contribution in [2.45, 2.75) is 33.1 Å². The molecular weight excluding hydrogens is 518 g/mol. The molecule has 4 aromatic carbocycles. The monoisotopic (exact) mass is 549 g/mol. The van der Waals surface area contributed by atoms with Crippen LogP contribution >= 0.6 is 0 Å². The topological polar surface area (TPSA) is 98.8 Å². The Morgan fingerprint density at radius 2 is 1.29 bits per heavy atom. The average Bonchev–Trinajstić information content (AvgIpc) is 2.96. The van der Waals surface area contributed by atoms with Gasteiger partial charge in [-0.25, -0.2) is 9.59 Å². The third-order valence-corrected chi connectivity index (χ3v) is 6.38. The standard InChI is InChI=1S/C34H31NO6/c1-22-8-10-25(11-9-22)33(39)41-29-18-14-23(15-19-29)30(36)21-40-32(38)26-6-5-7-28(20-26)35-31(37)24-12-16-27(17-13-24)34(2,3)4/h5-20H,21H2,1-4H3,(H,35,37). The summed E-state index contributed by atoms with van der Waals surface area (Å²) in [7, 11) is 0. The van der Waals surface area contributed by atoms with E-state index in [4.69, 9.17) is 9.47 Å². The third-order valence-electron chi connectivity index (χ3n) is 6.38. The maximum atomic E-state index is 12.7. The minimum Gasteiger partial charge on any atom is -0.454 e. The molecule has 0 radical (unpaired) electrons. The van der Waals surface area contributed by atoms with Crippen LogP contribution in [0.5, 0.6) is 5.75 Å². The van der Waals surface area contributed by atoms with E-state index < -0.39 is 24.3 Å². The molecule has 41 heavy (non-hydrogen) atoms. The number of nitrogens with one attached hydrogen (secondary N) is 1. The molecule has 7 nitrogen and oxygen atoms in total. The van der Waals surface area contributed by atoms with Gasteiger partial charge in [0.25, 0.3) is 5.91 Å².